The number of alkyl halides is 3. The summed E-state index contributed by atoms with van der Waals surface area (Å²) in [6.07, 6.45) is 0.642. The van der Waals surface area contributed by atoms with Crippen molar-refractivity contribution in [1.29, 1.82) is 0 Å². The average Bonchev–Trinajstić information content (AvgIpc) is 3.47. The monoisotopic (exact) mass is 442 g/mol. The van der Waals surface area contributed by atoms with Gasteiger partial charge in [-0.15, -0.1) is 0 Å². The molecule has 2 heterocycles. The van der Waals surface area contributed by atoms with Crippen LogP contribution in [0.25, 0.3) is 0 Å². The van der Waals surface area contributed by atoms with Crippen molar-refractivity contribution in [3.63, 3.8) is 0 Å². The minimum atomic E-state index is -5.08. The first-order chi connectivity index (χ1) is 14.7. The second-order valence-corrected chi connectivity index (χ2v) is 8.48. The van der Waals surface area contributed by atoms with Crippen LogP contribution < -0.4 is 5.32 Å². The fourth-order valence-electron chi connectivity index (χ4n) is 3.98. The summed E-state index contributed by atoms with van der Waals surface area (Å²) in [7, 11) is 0. The summed E-state index contributed by atoms with van der Waals surface area (Å²) in [5.74, 6) is -1.35. The summed E-state index contributed by atoms with van der Waals surface area (Å²) in [5, 5.41) is 10.2. The summed E-state index contributed by atoms with van der Waals surface area (Å²) in [5.41, 5.74) is 1.39. The molecule has 9 heteroatoms. The SMILES string of the molecule is O=C(NCC1CC1)[C@H]1C[C@@H]2CCN(CCc3ccccc3)C[C@H]2O1.O=C(O)C(F)(F)F. The Bertz CT molecular complexity index is 740. The number of hydrogen-bond donors (Lipinski definition) is 2. The third-order valence-corrected chi connectivity index (χ3v) is 5.99. The van der Waals surface area contributed by atoms with E-state index in [0.717, 1.165) is 51.4 Å². The van der Waals surface area contributed by atoms with Crippen LogP contribution in [0.15, 0.2) is 30.3 Å². The van der Waals surface area contributed by atoms with Crippen LogP contribution in [-0.4, -0.2) is 66.4 Å². The predicted molar refractivity (Wildman–Crippen MR) is 107 cm³/mol. The minimum Gasteiger partial charge on any atom is -0.475 e. The number of aliphatic carboxylic acids is 1. The summed E-state index contributed by atoms with van der Waals surface area (Å²) >= 11 is 0. The predicted octanol–water partition coefficient (Wildman–Crippen LogP) is 2.87. The summed E-state index contributed by atoms with van der Waals surface area (Å²) in [6.45, 7) is 4.03. The van der Waals surface area contributed by atoms with E-state index in [1.54, 1.807) is 0 Å². The van der Waals surface area contributed by atoms with E-state index in [1.165, 1.54) is 18.4 Å². The van der Waals surface area contributed by atoms with Gasteiger partial charge in [-0.1, -0.05) is 30.3 Å². The maximum Gasteiger partial charge on any atom is 0.490 e. The van der Waals surface area contributed by atoms with Crippen LogP contribution in [0.5, 0.6) is 0 Å². The Labute approximate surface area is 179 Å². The number of amides is 1. The molecule has 0 spiro atoms. The van der Waals surface area contributed by atoms with Gasteiger partial charge in [0, 0.05) is 19.6 Å². The molecule has 1 aliphatic carbocycles. The number of carboxylic acid groups (broad SMARTS) is 1. The van der Waals surface area contributed by atoms with Gasteiger partial charge in [0.05, 0.1) is 6.10 Å². The normalized spacial score (nSPS) is 25.8. The maximum atomic E-state index is 12.3. The van der Waals surface area contributed by atoms with Crippen LogP contribution in [-0.2, 0) is 20.7 Å². The Morgan fingerprint density at radius 2 is 1.84 bits per heavy atom. The number of carbonyl (C=O) groups is 2. The lowest BCUT2D eigenvalue weighted by atomic mass is 9.91. The van der Waals surface area contributed by atoms with Crippen molar-refractivity contribution in [2.45, 2.75) is 50.5 Å². The molecule has 2 aliphatic heterocycles. The Morgan fingerprint density at radius 1 is 1.16 bits per heavy atom. The van der Waals surface area contributed by atoms with Crippen LogP contribution in [0.2, 0.25) is 0 Å². The molecule has 6 nitrogen and oxygen atoms in total. The summed E-state index contributed by atoms with van der Waals surface area (Å²) < 4.78 is 37.8. The van der Waals surface area contributed by atoms with Crippen LogP contribution in [0.3, 0.4) is 0 Å². The number of likely N-dealkylation sites (tertiary alicyclic amines) is 1. The standard InChI is InChI=1S/C20H28N2O2.C2HF3O2/c23-20(21-13-16-6-7-16)18-12-17-9-11-22(14-19(17)24-18)10-8-15-4-2-1-3-5-15;3-2(4,5)1(6)7/h1-5,16-19H,6-14H2,(H,21,23);(H,6,7)/t17-,18+,19+;/m0./s1. The molecule has 3 aliphatic rings. The number of piperidine rings is 1. The van der Waals surface area contributed by atoms with E-state index < -0.39 is 12.1 Å². The summed E-state index contributed by atoms with van der Waals surface area (Å²) in [4.78, 5) is 23.7. The molecule has 0 unspecified atom stereocenters. The molecule has 1 aromatic rings. The van der Waals surface area contributed by atoms with E-state index >= 15 is 0 Å². The van der Waals surface area contributed by atoms with Crippen molar-refractivity contribution in [3.8, 4) is 0 Å². The van der Waals surface area contributed by atoms with Crippen LogP contribution in [0, 0.1) is 11.8 Å². The van der Waals surface area contributed by atoms with Crippen molar-refractivity contribution in [3.05, 3.63) is 35.9 Å². The molecule has 0 bridgehead atoms. The largest absolute Gasteiger partial charge is 0.490 e. The van der Waals surface area contributed by atoms with Gasteiger partial charge in [0.2, 0.25) is 5.91 Å². The number of halogens is 3. The number of carbonyl (C=O) groups excluding carboxylic acids is 1. The van der Waals surface area contributed by atoms with Crippen molar-refractivity contribution < 1.29 is 32.6 Å². The number of fused-ring (bicyclic) bond motifs is 1. The van der Waals surface area contributed by atoms with Crippen molar-refractivity contribution in [1.82, 2.24) is 10.2 Å². The van der Waals surface area contributed by atoms with Gasteiger partial charge in [-0.2, -0.15) is 13.2 Å². The topological polar surface area (TPSA) is 78.9 Å². The first kappa shape index (κ1) is 23.5. The lowest BCUT2D eigenvalue weighted by molar-refractivity contribution is -0.192. The molecule has 2 saturated heterocycles. The van der Waals surface area contributed by atoms with Gasteiger partial charge in [0.15, 0.2) is 0 Å². The van der Waals surface area contributed by atoms with E-state index in [4.69, 9.17) is 14.6 Å². The number of rotatable bonds is 6. The Balaban J connectivity index is 0.000000339. The highest BCUT2D eigenvalue weighted by atomic mass is 19.4. The Morgan fingerprint density at radius 3 is 2.45 bits per heavy atom. The first-order valence-electron chi connectivity index (χ1n) is 10.7. The van der Waals surface area contributed by atoms with E-state index in [-0.39, 0.29) is 18.1 Å². The smallest absolute Gasteiger partial charge is 0.475 e. The highest BCUT2D eigenvalue weighted by molar-refractivity contribution is 5.81. The molecule has 0 radical (unpaired) electrons. The van der Waals surface area contributed by atoms with E-state index in [1.807, 2.05) is 0 Å². The van der Waals surface area contributed by atoms with Gasteiger partial charge < -0.3 is 20.1 Å². The molecule has 3 atom stereocenters. The highest BCUT2D eigenvalue weighted by Gasteiger charge is 2.42. The fraction of sp³-hybridized carbons (Fsp3) is 0.636. The molecule has 31 heavy (non-hydrogen) atoms. The third-order valence-electron chi connectivity index (χ3n) is 5.99. The molecular formula is C22H29F3N2O4. The second kappa shape index (κ2) is 10.5. The number of nitrogens with one attached hydrogen (secondary N) is 1. The number of nitrogens with zero attached hydrogens (tertiary/aromatic N) is 1. The Kier molecular flexibility index (Phi) is 7.94. The van der Waals surface area contributed by atoms with Gasteiger partial charge in [0.25, 0.3) is 0 Å². The van der Waals surface area contributed by atoms with Gasteiger partial charge in [-0.25, -0.2) is 4.79 Å². The van der Waals surface area contributed by atoms with E-state index in [9.17, 15) is 18.0 Å². The minimum absolute atomic E-state index is 0.118. The van der Waals surface area contributed by atoms with Gasteiger partial charge in [0.1, 0.15) is 6.10 Å². The second-order valence-electron chi connectivity index (χ2n) is 8.48. The van der Waals surface area contributed by atoms with Crippen LogP contribution >= 0.6 is 0 Å². The molecule has 3 fully saturated rings. The summed E-state index contributed by atoms with van der Waals surface area (Å²) in [6, 6.07) is 10.7. The van der Waals surface area contributed by atoms with Crippen molar-refractivity contribution in [2.24, 2.45) is 11.8 Å². The molecule has 0 aromatic heterocycles. The van der Waals surface area contributed by atoms with Gasteiger partial charge in [-0.05, 0) is 56.0 Å². The first-order valence-corrected chi connectivity index (χ1v) is 10.7. The molecule has 2 N–H and O–H groups in total. The van der Waals surface area contributed by atoms with Crippen molar-refractivity contribution >= 4 is 11.9 Å². The highest BCUT2D eigenvalue weighted by Crippen LogP contribution is 2.34. The number of benzene rings is 1. The lowest BCUT2D eigenvalue weighted by Gasteiger charge is -2.34. The number of carboxylic acids is 1. The zero-order valence-electron chi connectivity index (χ0n) is 17.3. The quantitative estimate of drug-likeness (QED) is 0.709. The van der Waals surface area contributed by atoms with Gasteiger partial charge >= 0.3 is 12.1 Å². The van der Waals surface area contributed by atoms with E-state index in [0.29, 0.717) is 5.92 Å². The number of hydrogen-bond acceptors (Lipinski definition) is 4. The molecule has 1 amide bonds. The van der Waals surface area contributed by atoms with Crippen LogP contribution in [0.1, 0.15) is 31.2 Å². The third kappa shape index (κ3) is 7.50. The zero-order chi connectivity index (χ0) is 22.4. The average molecular weight is 442 g/mol. The van der Waals surface area contributed by atoms with E-state index in [2.05, 4.69) is 40.5 Å². The number of ether oxygens (including phenoxy) is 1. The van der Waals surface area contributed by atoms with Gasteiger partial charge in [-0.3, -0.25) is 4.79 Å². The Hall–Kier alpha value is -2.13. The maximum absolute atomic E-state index is 12.3. The zero-order valence-corrected chi connectivity index (χ0v) is 17.3. The molecule has 1 aromatic carbocycles. The van der Waals surface area contributed by atoms with Crippen LogP contribution in [0.4, 0.5) is 13.2 Å². The lowest BCUT2D eigenvalue weighted by Crippen LogP contribution is -2.43. The fourth-order valence-corrected chi connectivity index (χ4v) is 3.98. The van der Waals surface area contributed by atoms with Crippen molar-refractivity contribution in [2.75, 3.05) is 26.2 Å². The molecule has 172 valence electrons. The molecule has 1 saturated carbocycles. The molecular weight excluding hydrogens is 413 g/mol. The molecule has 4 rings (SSSR count).